The predicted molar refractivity (Wildman–Crippen MR) is 47.9 cm³/mol. The van der Waals surface area contributed by atoms with E-state index in [0.717, 1.165) is 6.07 Å². The van der Waals surface area contributed by atoms with Gasteiger partial charge in [0.25, 0.3) is 5.69 Å². The smallest absolute Gasteiger partial charge is 0.289 e. The number of nitrogens with two attached hydrogens (primary N) is 1. The molecule has 5 nitrogen and oxygen atoms in total. The van der Waals surface area contributed by atoms with Gasteiger partial charge < -0.3 is 5.73 Å². The van der Waals surface area contributed by atoms with E-state index >= 15 is 0 Å². The summed E-state index contributed by atoms with van der Waals surface area (Å²) >= 11 is 5.52. The fraction of sp³-hybridized carbons (Fsp3) is 0. The maximum Gasteiger partial charge on any atom is 0.289 e. The normalized spacial score (nSPS) is 9.62. The minimum atomic E-state index is -0.659. The summed E-state index contributed by atoms with van der Waals surface area (Å²) in [5.41, 5.74) is 5.24. The van der Waals surface area contributed by atoms with Gasteiger partial charge in [-0.2, -0.15) is 0 Å². The Balaban J connectivity index is 3.36. The van der Waals surface area contributed by atoms with Crippen LogP contribution in [0.2, 0.25) is 5.02 Å². The highest BCUT2D eigenvalue weighted by Crippen LogP contribution is 2.28. The largest absolute Gasteiger partial charge is 0.398 e. The first kappa shape index (κ1) is 9.47. The second-order valence-electron chi connectivity index (χ2n) is 2.31. The number of aldehydes is 1. The first-order chi connectivity index (χ1) is 6.06. The lowest BCUT2D eigenvalue weighted by Gasteiger charge is -1.99. The number of hydrogen-bond donors (Lipinski definition) is 1. The molecule has 0 saturated carbocycles. The van der Waals surface area contributed by atoms with Crippen LogP contribution in [0.4, 0.5) is 11.4 Å². The van der Waals surface area contributed by atoms with Crippen molar-refractivity contribution in [3.63, 3.8) is 0 Å². The van der Waals surface area contributed by atoms with Gasteiger partial charge in [0, 0.05) is 17.3 Å². The van der Waals surface area contributed by atoms with Gasteiger partial charge in [-0.15, -0.1) is 0 Å². The number of nitrogen functional groups attached to an aromatic ring is 1. The van der Waals surface area contributed by atoms with Crippen molar-refractivity contribution < 1.29 is 9.72 Å². The molecule has 0 aromatic heterocycles. The standard InChI is InChI=1S/C7H5ClN2O3/c8-5-1-4(3-11)6(9)2-7(5)10(12)13/h1-3H,9H2. The average Bonchev–Trinajstić information content (AvgIpc) is 2.07. The summed E-state index contributed by atoms with van der Waals surface area (Å²) < 4.78 is 0. The third kappa shape index (κ3) is 1.75. The van der Waals surface area contributed by atoms with Gasteiger partial charge in [0.15, 0.2) is 6.29 Å². The van der Waals surface area contributed by atoms with E-state index in [1.165, 1.54) is 6.07 Å². The van der Waals surface area contributed by atoms with Crippen LogP contribution in [-0.4, -0.2) is 11.2 Å². The van der Waals surface area contributed by atoms with E-state index in [0.29, 0.717) is 6.29 Å². The van der Waals surface area contributed by atoms with Gasteiger partial charge in [-0.25, -0.2) is 0 Å². The molecule has 0 aliphatic heterocycles. The van der Waals surface area contributed by atoms with Crippen LogP contribution in [0.1, 0.15) is 10.4 Å². The lowest BCUT2D eigenvalue weighted by atomic mass is 10.2. The molecule has 13 heavy (non-hydrogen) atoms. The van der Waals surface area contributed by atoms with Gasteiger partial charge in [0.05, 0.1) is 4.92 Å². The molecule has 0 bridgehead atoms. The number of rotatable bonds is 2. The zero-order chi connectivity index (χ0) is 10.0. The molecule has 1 aromatic rings. The topological polar surface area (TPSA) is 86.2 Å². The quantitative estimate of drug-likeness (QED) is 0.340. The average molecular weight is 201 g/mol. The Morgan fingerprint density at radius 3 is 2.62 bits per heavy atom. The maximum atomic E-state index is 10.4. The molecule has 0 heterocycles. The van der Waals surface area contributed by atoms with Crippen molar-refractivity contribution in [1.29, 1.82) is 0 Å². The summed E-state index contributed by atoms with van der Waals surface area (Å²) in [6.07, 6.45) is 0.491. The fourth-order valence-corrected chi connectivity index (χ4v) is 1.08. The number of anilines is 1. The molecule has 1 rings (SSSR count). The molecule has 6 heteroatoms. The van der Waals surface area contributed by atoms with Crippen LogP contribution in [-0.2, 0) is 0 Å². The van der Waals surface area contributed by atoms with E-state index in [-0.39, 0.29) is 22.0 Å². The summed E-state index contributed by atoms with van der Waals surface area (Å²) in [7, 11) is 0. The van der Waals surface area contributed by atoms with E-state index in [4.69, 9.17) is 17.3 Å². The highest BCUT2D eigenvalue weighted by atomic mass is 35.5. The second-order valence-corrected chi connectivity index (χ2v) is 2.71. The number of carbonyl (C=O) groups is 1. The zero-order valence-corrected chi connectivity index (χ0v) is 7.12. The van der Waals surface area contributed by atoms with Crippen LogP contribution in [0.5, 0.6) is 0 Å². The summed E-state index contributed by atoms with van der Waals surface area (Å²) in [6, 6.07) is 2.23. The van der Waals surface area contributed by atoms with Crippen LogP contribution in [0.3, 0.4) is 0 Å². The Kier molecular flexibility index (Phi) is 2.48. The summed E-state index contributed by atoms with van der Waals surface area (Å²) in [6.45, 7) is 0. The zero-order valence-electron chi connectivity index (χ0n) is 6.36. The number of nitrogens with zero attached hydrogens (tertiary/aromatic N) is 1. The first-order valence-electron chi connectivity index (χ1n) is 3.25. The van der Waals surface area contributed by atoms with Crippen LogP contribution in [0.25, 0.3) is 0 Å². The Morgan fingerprint density at radius 2 is 2.15 bits per heavy atom. The molecule has 0 unspecified atom stereocenters. The van der Waals surface area contributed by atoms with Crippen LogP contribution in [0, 0.1) is 10.1 Å². The van der Waals surface area contributed by atoms with Crippen molar-refractivity contribution in [1.82, 2.24) is 0 Å². The molecule has 0 radical (unpaired) electrons. The molecule has 0 aliphatic carbocycles. The molecule has 0 saturated heterocycles. The molecule has 0 fully saturated rings. The minimum absolute atomic E-state index is 0.0473. The minimum Gasteiger partial charge on any atom is -0.398 e. The number of nitro benzene ring substituents is 1. The predicted octanol–water partition coefficient (Wildman–Crippen LogP) is 1.64. The maximum absolute atomic E-state index is 10.4. The van der Waals surface area contributed by atoms with E-state index in [9.17, 15) is 14.9 Å². The van der Waals surface area contributed by atoms with Gasteiger partial charge in [0.1, 0.15) is 5.02 Å². The van der Waals surface area contributed by atoms with Gasteiger partial charge in [-0.1, -0.05) is 11.6 Å². The highest BCUT2D eigenvalue weighted by Gasteiger charge is 2.14. The first-order valence-corrected chi connectivity index (χ1v) is 3.62. The van der Waals surface area contributed by atoms with Gasteiger partial charge in [-0.3, -0.25) is 14.9 Å². The van der Waals surface area contributed by atoms with E-state index < -0.39 is 4.92 Å². The molecule has 68 valence electrons. The molecular formula is C7H5ClN2O3. The van der Waals surface area contributed by atoms with Gasteiger partial charge in [-0.05, 0) is 6.07 Å². The lowest BCUT2D eigenvalue weighted by molar-refractivity contribution is -0.384. The van der Waals surface area contributed by atoms with Gasteiger partial charge >= 0.3 is 0 Å². The third-order valence-electron chi connectivity index (χ3n) is 1.48. The third-order valence-corrected chi connectivity index (χ3v) is 1.78. The number of hydrogen-bond acceptors (Lipinski definition) is 4. The molecule has 0 amide bonds. The molecular weight excluding hydrogens is 196 g/mol. The summed E-state index contributed by atoms with van der Waals surface area (Å²) in [4.78, 5) is 20.0. The number of nitro groups is 1. The Bertz CT molecular complexity index is 378. The van der Waals surface area contributed by atoms with Crippen molar-refractivity contribution in [2.45, 2.75) is 0 Å². The summed E-state index contributed by atoms with van der Waals surface area (Å²) in [5, 5.41) is 10.3. The van der Waals surface area contributed by atoms with Crippen LogP contribution >= 0.6 is 11.6 Å². The number of halogens is 1. The molecule has 0 atom stereocenters. The molecule has 0 aliphatic rings. The van der Waals surface area contributed by atoms with Crippen molar-refractivity contribution in [3.8, 4) is 0 Å². The molecule has 0 spiro atoms. The monoisotopic (exact) mass is 200 g/mol. The Hall–Kier alpha value is -1.62. The Labute approximate surface area is 78.3 Å². The SMILES string of the molecule is Nc1cc([N+](=O)[O-])c(Cl)cc1C=O. The van der Waals surface area contributed by atoms with E-state index in [1.54, 1.807) is 0 Å². The molecule has 1 aromatic carbocycles. The lowest BCUT2D eigenvalue weighted by Crippen LogP contribution is -1.96. The van der Waals surface area contributed by atoms with Crippen molar-refractivity contribution >= 4 is 29.3 Å². The van der Waals surface area contributed by atoms with Crippen molar-refractivity contribution in [2.75, 3.05) is 5.73 Å². The second kappa shape index (κ2) is 3.40. The number of carbonyl (C=O) groups excluding carboxylic acids is 1. The van der Waals surface area contributed by atoms with E-state index in [1.807, 2.05) is 0 Å². The summed E-state index contributed by atoms with van der Waals surface area (Å²) in [5.74, 6) is 0. The van der Waals surface area contributed by atoms with Crippen LogP contribution in [0.15, 0.2) is 12.1 Å². The highest BCUT2D eigenvalue weighted by molar-refractivity contribution is 6.33. The van der Waals surface area contributed by atoms with Crippen molar-refractivity contribution in [2.24, 2.45) is 0 Å². The van der Waals surface area contributed by atoms with Crippen molar-refractivity contribution in [3.05, 3.63) is 32.8 Å². The van der Waals surface area contributed by atoms with Crippen LogP contribution < -0.4 is 5.73 Å². The Morgan fingerprint density at radius 1 is 1.54 bits per heavy atom. The van der Waals surface area contributed by atoms with E-state index in [2.05, 4.69) is 0 Å². The van der Waals surface area contributed by atoms with Gasteiger partial charge in [0.2, 0.25) is 0 Å². The fourth-order valence-electron chi connectivity index (χ4n) is 0.835. The molecule has 2 N–H and O–H groups in total. The number of benzene rings is 1.